The van der Waals surface area contributed by atoms with Gasteiger partial charge in [0.1, 0.15) is 11.5 Å². The molecule has 0 saturated carbocycles. The SMILES string of the molecule is C=NCCNC(=O)CCCOc1cncc(C(CC(=O)OCC)n2ccc3cc(OCCC4(N)C=CC(=C)CCC4)ccc32)c1. The number of fused-ring (bicyclic) bond motifs is 1. The number of nitrogens with two attached hydrogens (primary N) is 1. The monoisotopic (exact) mass is 615 g/mol. The predicted octanol–water partition coefficient (Wildman–Crippen LogP) is 5.32. The Bertz CT molecular complexity index is 1500. The lowest BCUT2D eigenvalue weighted by Gasteiger charge is -2.25. The first-order valence-corrected chi connectivity index (χ1v) is 15.6. The Balaban J connectivity index is 1.44. The molecule has 0 radical (unpaired) electrons. The number of aliphatic imine (C=N–C) groups is 1. The number of carbonyl (C=O) groups is 2. The molecule has 10 nitrogen and oxygen atoms in total. The predicted molar refractivity (Wildman–Crippen MR) is 177 cm³/mol. The summed E-state index contributed by atoms with van der Waals surface area (Å²) in [6.07, 6.45) is 14.1. The number of pyridine rings is 1. The van der Waals surface area contributed by atoms with E-state index >= 15 is 0 Å². The Labute approximate surface area is 265 Å². The summed E-state index contributed by atoms with van der Waals surface area (Å²) in [4.78, 5) is 32.8. The second kappa shape index (κ2) is 16.6. The molecule has 2 heterocycles. The highest BCUT2D eigenvalue weighted by Gasteiger charge is 2.24. The van der Waals surface area contributed by atoms with Crippen molar-refractivity contribution in [2.45, 2.75) is 63.5 Å². The number of benzene rings is 1. The maximum absolute atomic E-state index is 12.7. The smallest absolute Gasteiger partial charge is 0.308 e. The number of rotatable bonds is 17. The van der Waals surface area contributed by atoms with Crippen molar-refractivity contribution in [2.75, 3.05) is 32.9 Å². The normalized spacial score (nSPS) is 17.0. The second-order valence-corrected chi connectivity index (χ2v) is 11.3. The highest BCUT2D eigenvalue weighted by molar-refractivity contribution is 5.82. The zero-order valence-corrected chi connectivity index (χ0v) is 26.2. The van der Waals surface area contributed by atoms with Crippen LogP contribution in [0.1, 0.15) is 63.5 Å². The molecule has 45 heavy (non-hydrogen) atoms. The highest BCUT2D eigenvalue weighted by atomic mass is 16.5. The Morgan fingerprint density at radius 3 is 2.84 bits per heavy atom. The lowest BCUT2D eigenvalue weighted by Crippen LogP contribution is -2.38. The third-order valence-corrected chi connectivity index (χ3v) is 7.85. The minimum Gasteiger partial charge on any atom is -0.493 e. The van der Waals surface area contributed by atoms with Gasteiger partial charge in [0.2, 0.25) is 5.91 Å². The largest absolute Gasteiger partial charge is 0.493 e. The van der Waals surface area contributed by atoms with Gasteiger partial charge in [0, 0.05) is 48.2 Å². The Morgan fingerprint density at radius 2 is 2.02 bits per heavy atom. The van der Waals surface area contributed by atoms with Gasteiger partial charge < -0.3 is 29.8 Å². The van der Waals surface area contributed by atoms with Gasteiger partial charge in [-0.1, -0.05) is 24.3 Å². The van der Waals surface area contributed by atoms with Gasteiger partial charge in [0.05, 0.1) is 45.0 Å². The fraction of sp³-hybridized carbons (Fsp3) is 0.429. The van der Waals surface area contributed by atoms with Crippen LogP contribution in [0.2, 0.25) is 0 Å². The minimum atomic E-state index is -0.392. The lowest BCUT2D eigenvalue weighted by molar-refractivity contribution is -0.143. The maximum atomic E-state index is 12.7. The second-order valence-electron chi connectivity index (χ2n) is 11.3. The molecule has 0 aliphatic heterocycles. The van der Waals surface area contributed by atoms with E-state index in [4.69, 9.17) is 19.9 Å². The van der Waals surface area contributed by atoms with Crippen LogP contribution in [0, 0.1) is 0 Å². The van der Waals surface area contributed by atoms with Crippen LogP contribution in [-0.2, 0) is 14.3 Å². The molecule has 0 spiro atoms. The summed E-state index contributed by atoms with van der Waals surface area (Å²) in [5.74, 6) is 0.967. The van der Waals surface area contributed by atoms with Crippen molar-refractivity contribution in [2.24, 2.45) is 10.7 Å². The van der Waals surface area contributed by atoms with Gasteiger partial charge in [0.15, 0.2) is 0 Å². The average molecular weight is 616 g/mol. The molecule has 0 fully saturated rings. The Morgan fingerprint density at radius 1 is 1.18 bits per heavy atom. The molecule has 2 aromatic heterocycles. The zero-order chi connectivity index (χ0) is 32.1. The molecule has 240 valence electrons. The number of esters is 1. The highest BCUT2D eigenvalue weighted by Crippen LogP contribution is 2.32. The number of hydrogen-bond acceptors (Lipinski definition) is 8. The summed E-state index contributed by atoms with van der Waals surface area (Å²) in [6, 6.07) is 9.46. The first-order valence-electron chi connectivity index (χ1n) is 15.6. The Hall–Kier alpha value is -4.44. The molecule has 2 unspecified atom stereocenters. The van der Waals surface area contributed by atoms with Crippen molar-refractivity contribution in [3.8, 4) is 11.5 Å². The van der Waals surface area contributed by atoms with E-state index in [0.717, 1.165) is 47.1 Å². The summed E-state index contributed by atoms with van der Waals surface area (Å²) in [5.41, 5.74) is 9.10. The van der Waals surface area contributed by atoms with Crippen LogP contribution in [0.15, 0.2) is 78.2 Å². The standard InChI is InChI=1S/C35H45N5O5/c1-4-43-34(42)23-32(28-22-30(25-38-24-28)44-19-6-8-33(41)39-17-16-37-3)40-18-12-27-21-29(9-10-31(27)40)45-20-15-35(36)13-5-7-26(2)11-14-35/h9-12,14,18,21-22,24-25,32H,2-8,13,15-17,19-20,23,36H2,1H3,(H,39,41). The van der Waals surface area contributed by atoms with Gasteiger partial charge >= 0.3 is 5.97 Å². The fourth-order valence-electron chi connectivity index (χ4n) is 5.40. The van der Waals surface area contributed by atoms with Gasteiger partial charge in [-0.15, -0.1) is 0 Å². The summed E-state index contributed by atoms with van der Waals surface area (Å²) in [5, 5.41) is 3.77. The van der Waals surface area contributed by atoms with Crippen molar-refractivity contribution >= 4 is 29.5 Å². The van der Waals surface area contributed by atoms with Crippen LogP contribution in [-0.4, -0.2) is 66.6 Å². The van der Waals surface area contributed by atoms with E-state index in [0.29, 0.717) is 57.9 Å². The van der Waals surface area contributed by atoms with Crippen molar-refractivity contribution in [1.82, 2.24) is 14.9 Å². The first kappa shape index (κ1) is 33.5. The summed E-state index contributed by atoms with van der Waals surface area (Å²) in [7, 11) is 0. The van der Waals surface area contributed by atoms with Gasteiger partial charge in [-0.2, -0.15) is 0 Å². The zero-order valence-electron chi connectivity index (χ0n) is 26.2. The molecule has 3 aromatic rings. The topological polar surface area (TPSA) is 130 Å². The number of amides is 1. The van der Waals surface area contributed by atoms with Crippen LogP contribution in [0.3, 0.4) is 0 Å². The number of carbonyl (C=O) groups excluding carboxylic acids is 2. The molecule has 2 atom stereocenters. The number of ether oxygens (including phenoxy) is 3. The maximum Gasteiger partial charge on any atom is 0.308 e. The van der Waals surface area contributed by atoms with E-state index < -0.39 is 5.54 Å². The van der Waals surface area contributed by atoms with Crippen LogP contribution < -0.4 is 20.5 Å². The van der Waals surface area contributed by atoms with Gasteiger partial charge in [0.25, 0.3) is 0 Å². The molecule has 0 saturated heterocycles. The number of aromatic nitrogens is 2. The molecular formula is C35H45N5O5. The molecule has 1 aliphatic rings. The average Bonchev–Trinajstić information content (AvgIpc) is 3.36. The van der Waals surface area contributed by atoms with E-state index in [1.54, 1.807) is 19.3 Å². The van der Waals surface area contributed by atoms with Crippen LogP contribution in [0.25, 0.3) is 10.9 Å². The molecule has 10 heteroatoms. The lowest BCUT2D eigenvalue weighted by atomic mass is 9.92. The van der Waals surface area contributed by atoms with Crippen LogP contribution >= 0.6 is 0 Å². The molecule has 3 N–H and O–H groups in total. The number of nitrogens with zero attached hydrogens (tertiary/aromatic N) is 3. The van der Waals surface area contributed by atoms with Crippen molar-refractivity contribution < 1.29 is 23.8 Å². The number of hydrogen-bond donors (Lipinski definition) is 2. The fourth-order valence-corrected chi connectivity index (χ4v) is 5.40. The van der Waals surface area contributed by atoms with Crippen molar-refractivity contribution in [3.05, 3.63) is 78.8 Å². The summed E-state index contributed by atoms with van der Waals surface area (Å²) in [6.45, 7) is 11.4. The molecule has 0 bridgehead atoms. The van der Waals surface area contributed by atoms with E-state index in [1.165, 1.54) is 0 Å². The van der Waals surface area contributed by atoms with Crippen molar-refractivity contribution in [3.63, 3.8) is 0 Å². The van der Waals surface area contributed by atoms with Crippen LogP contribution in [0.5, 0.6) is 11.5 Å². The van der Waals surface area contributed by atoms with Gasteiger partial charge in [-0.25, -0.2) is 0 Å². The molecule has 1 amide bonds. The van der Waals surface area contributed by atoms with Gasteiger partial charge in [-0.3, -0.25) is 19.6 Å². The Kier molecular flexibility index (Phi) is 12.3. The first-order chi connectivity index (χ1) is 21.8. The van der Waals surface area contributed by atoms with E-state index in [-0.39, 0.29) is 24.3 Å². The molecule has 1 aromatic carbocycles. The quantitative estimate of drug-likeness (QED) is 0.119. The van der Waals surface area contributed by atoms with Crippen molar-refractivity contribution in [1.29, 1.82) is 0 Å². The number of nitrogens with one attached hydrogen (secondary N) is 1. The third kappa shape index (κ3) is 10.0. The van der Waals surface area contributed by atoms with E-state index in [2.05, 4.69) is 39.2 Å². The summed E-state index contributed by atoms with van der Waals surface area (Å²) < 4.78 is 19.4. The summed E-state index contributed by atoms with van der Waals surface area (Å²) >= 11 is 0. The molecule has 1 aliphatic carbocycles. The van der Waals surface area contributed by atoms with Gasteiger partial charge in [-0.05, 0) is 75.2 Å². The van der Waals surface area contributed by atoms with Crippen LogP contribution in [0.4, 0.5) is 0 Å². The molecule has 4 rings (SSSR count). The number of allylic oxidation sites excluding steroid dienone is 2. The van der Waals surface area contributed by atoms with E-state index in [9.17, 15) is 9.59 Å². The minimum absolute atomic E-state index is 0.0524. The third-order valence-electron chi connectivity index (χ3n) is 7.85. The molecular weight excluding hydrogens is 570 g/mol. The van der Waals surface area contributed by atoms with E-state index in [1.807, 2.05) is 42.6 Å².